The highest BCUT2D eigenvalue weighted by atomic mass is 16.5. The van der Waals surface area contributed by atoms with Crippen LogP contribution in [0.1, 0.15) is 0 Å². The van der Waals surface area contributed by atoms with E-state index >= 15 is 0 Å². The van der Waals surface area contributed by atoms with Crippen molar-refractivity contribution in [1.29, 1.82) is 0 Å². The second-order valence-electron chi connectivity index (χ2n) is 20.6. The van der Waals surface area contributed by atoms with Crippen molar-refractivity contribution in [2.45, 2.75) is 0 Å². The van der Waals surface area contributed by atoms with Gasteiger partial charge in [0.25, 0.3) is 13.4 Å². The summed E-state index contributed by atoms with van der Waals surface area (Å²) >= 11 is 0. The molecule has 0 bridgehead atoms. The predicted molar refractivity (Wildman–Crippen MR) is 324 cm³/mol. The fourth-order valence-electron chi connectivity index (χ4n) is 13.1. The molecule has 6 heterocycles. The number of nitrogens with zero attached hydrogens (tertiary/aromatic N) is 6. The van der Waals surface area contributed by atoms with Gasteiger partial charge >= 0.3 is 0 Å². The highest BCUT2D eigenvalue weighted by molar-refractivity contribution is 7.01. The summed E-state index contributed by atoms with van der Waals surface area (Å²) in [6.07, 6.45) is 0. The molecule has 8 nitrogen and oxygen atoms in total. The Morgan fingerprint density at radius 2 is 0.747 bits per heavy atom. The molecule has 0 atom stereocenters. The Morgan fingerprint density at radius 1 is 0.329 bits per heavy atom. The molecular formula is C69H42B2N6O2. The van der Waals surface area contributed by atoms with E-state index in [1.165, 1.54) is 5.46 Å². The Kier molecular flexibility index (Phi) is 9.44. The van der Waals surface area contributed by atoms with Crippen LogP contribution >= 0.6 is 0 Å². The first-order valence-electron chi connectivity index (χ1n) is 26.8. The van der Waals surface area contributed by atoms with Crippen LogP contribution in [0.15, 0.2) is 255 Å². The zero-order valence-electron chi connectivity index (χ0n) is 42.4. The Hall–Kier alpha value is -10.4. The lowest BCUT2D eigenvalue weighted by Gasteiger charge is -2.35. The van der Waals surface area contributed by atoms with Gasteiger partial charge in [-0.15, -0.1) is 0 Å². The van der Waals surface area contributed by atoms with Crippen molar-refractivity contribution >= 4 is 112 Å². The van der Waals surface area contributed by atoms with E-state index in [2.05, 4.69) is 268 Å². The lowest BCUT2D eigenvalue weighted by molar-refractivity contribution is 0.472. The quantitative estimate of drug-likeness (QED) is 0.155. The molecule has 0 aliphatic carbocycles. The van der Waals surface area contributed by atoms with Crippen LogP contribution in [0.2, 0.25) is 0 Å². The molecule has 0 saturated carbocycles. The summed E-state index contributed by atoms with van der Waals surface area (Å²) in [5.41, 5.74) is 14.4. The number of rotatable bonds is 6. The molecule has 0 radical (unpaired) electrons. The van der Waals surface area contributed by atoms with Gasteiger partial charge in [0.2, 0.25) is 11.9 Å². The Morgan fingerprint density at radius 3 is 1.27 bits per heavy atom. The summed E-state index contributed by atoms with van der Waals surface area (Å²) in [5, 5.41) is 6.67. The van der Waals surface area contributed by atoms with Crippen LogP contribution in [0.3, 0.4) is 0 Å². The number of benzene rings is 11. The van der Waals surface area contributed by atoms with E-state index < -0.39 is 0 Å². The first-order valence-corrected chi connectivity index (χ1v) is 26.8. The van der Waals surface area contributed by atoms with E-state index in [4.69, 9.17) is 24.4 Å². The second-order valence-corrected chi connectivity index (χ2v) is 20.6. The van der Waals surface area contributed by atoms with Crippen LogP contribution in [0, 0.1) is 0 Å². The minimum Gasteiger partial charge on any atom is -0.459 e. The predicted octanol–water partition coefficient (Wildman–Crippen LogP) is 12.1. The molecule has 0 fully saturated rings. The maximum absolute atomic E-state index is 7.46. The molecule has 15 aromatic rings. The average molecular weight is 1010 g/mol. The van der Waals surface area contributed by atoms with Gasteiger partial charge in [0.1, 0.15) is 17.2 Å². The van der Waals surface area contributed by atoms with Gasteiger partial charge in [-0.25, -0.2) is 0 Å². The van der Waals surface area contributed by atoms with Crippen LogP contribution in [-0.4, -0.2) is 42.1 Å². The zero-order valence-corrected chi connectivity index (χ0v) is 42.4. The standard InChI is InChI=1S/C69H42B2N6O2/c1-3-23-44(24-4-1)70-52-33-12-19-40-59(52)78-65-62(70)61-51-32-11-18-39-58(51)75(64(61)66-63(65)71(45-25-5-2-6-26-45)53-34-13-20-41-60(53)79-66)46-27-21-22-43(42-46)67-72-68(76-54-35-14-7-28-47(54)48-29-8-15-36-55(48)76)74-69(73-67)77-56-37-16-9-30-49(56)50-31-10-17-38-57(50)77/h1-42H. The topological polar surface area (TPSA) is 71.9 Å². The molecule has 366 valence electrons. The van der Waals surface area contributed by atoms with Gasteiger partial charge in [-0.1, -0.05) is 211 Å². The lowest BCUT2D eigenvalue weighted by atomic mass is 9.31. The van der Waals surface area contributed by atoms with Crippen LogP contribution in [0.4, 0.5) is 0 Å². The smallest absolute Gasteiger partial charge is 0.255 e. The van der Waals surface area contributed by atoms with Crippen LogP contribution in [0.5, 0.6) is 23.0 Å². The fraction of sp³-hybridized carbons (Fsp3) is 0. The van der Waals surface area contributed by atoms with Gasteiger partial charge in [-0.05, 0) is 71.0 Å². The summed E-state index contributed by atoms with van der Waals surface area (Å²) in [5.74, 6) is 4.82. The van der Waals surface area contributed by atoms with Crippen LogP contribution < -0.4 is 42.3 Å². The van der Waals surface area contributed by atoms with E-state index in [1.807, 2.05) is 0 Å². The highest BCUT2D eigenvalue weighted by Crippen LogP contribution is 2.44. The van der Waals surface area contributed by atoms with Crippen molar-refractivity contribution in [2.75, 3.05) is 0 Å². The normalized spacial score (nSPS) is 12.7. The number of hydrogen-bond acceptors (Lipinski definition) is 5. The SMILES string of the molecule is c1ccc(B2c3ccccc3Oc3c2c2c(c4c5ccccc5n(-c5cccc(-c6nc(-n7c8ccccc8c8ccccc87)nc(-n7c8ccccc8c8ccccc87)n6)c5)c34)B(c3ccccc3)c3ccccc3O2)cc1. The third-order valence-electron chi connectivity index (χ3n) is 16.4. The first-order chi connectivity index (χ1) is 39.2. The molecular weight excluding hydrogens is 966 g/mol. The highest BCUT2D eigenvalue weighted by Gasteiger charge is 2.44. The third-order valence-corrected chi connectivity index (χ3v) is 16.4. The monoisotopic (exact) mass is 1010 g/mol. The molecule has 0 unspecified atom stereocenters. The van der Waals surface area contributed by atoms with Crippen molar-refractivity contribution in [1.82, 2.24) is 28.7 Å². The summed E-state index contributed by atoms with van der Waals surface area (Å²) in [6.45, 7) is -0.389. The Bertz CT molecular complexity index is 4770. The Labute approximate surface area is 454 Å². The maximum Gasteiger partial charge on any atom is 0.255 e. The fourth-order valence-corrected chi connectivity index (χ4v) is 13.1. The summed E-state index contributed by atoms with van der Waals surface area (Å²) in [6, 6.07) is 90.1. The largest absolute Gasteiger partial charge is 0.459 e. The molecule has 0 N–H and O–H groups in total. The lowest BCUT2D eigenvalue weighted by Crippen LogP contribution is -2.60. The first kappa shape index (κ1) is 43.8. The number of fused-ring (bicyclic) bond motifs is 16. The summed E-state index contributed by atoms with van der Waals surface area (Å²) in [4.78, 5) is 16.5. The molecule has 4 aromatic heterocycles. The van der Waals surface area contributed by atoms with Gasteiger partial charge in [-0.2, -0.15) is 15.0 Å². The van der Waals surface area contributed by atoms with E-state index in [1.54, 1.807) is 0 Å². The molecule has 79 heavy (non-hydrogen) atoms. The minimum atomic E-state index is -0.220. The molecule has 11 aromatic carbocycles. The molecule has 2 aliphatic heterocycles. The third kappa shape index (κ3) is 6.43. The van der Waals surface area contributed by atoms with E-state index in [9.17, 15) is 0 Å². The van der Waals surface area contributed by atoms with Gasteiger partial charge in [0.05, 0.1) is 33.1 Å². The van der Waals surface area contributed by atoms with Crippen LogP contribution in [0.25, 0.3) is 94.4 Å². The molecule has 0 amide bonds. The number of ether oxygens (including phenoxy) is 2. The van der Waals surface area contributed by atoms with Crippen molar-refractivity contribution in [3.8, 4) is 52.0 Å². The average Bonchev–Trinajstić information content (AvgIpc) is 3.63. The van der Waals surface area contributed by atoms with E-state index in [0.29, 0.717) is 17.7 Å². The molecule has 0 spiro atoms. The molecule has 0 saturated heterocycles. The van der Waals surface area contributed by atoms with Crippen molar-refractivity contribution in [3.05, 3.63) is 255 Å². The number of para-hydroxylation sites is 7. The summed E-state index contributed by atoms with van der Waals surface area (Å²) in [7, 11) is 0. The second kappa shape index (κ2) is 17.0. The van der Waals surface area contributed by atoms with Crippen LogP contribution in [-0.2, 0) is 0 Å². The van der Waals surface area contributed by atoms with Gasteiger partial charge in [0, 0.05) is 49.0 Å². The maximum atomic E-state index is 7.46. The molecule has 2 aliphatic rings. The minimum absolute atomic E-state index is 0.170. The molecule has 10 heteroatoms. The van der Waals surface area contributed by atoms with E-state index in [0.717, 1.165) is 127 Å². The number of aromatic nitrogens is 6. The number of hydrogen-bond donors (Lipinski definition) is 0. The van der Waals surface area contributed by atoms with Gasteiger partial charge < -0.3 is 14.0 Å². The Balaban J connectivity index is 0.973. The van der Waals surface area contributed by atoms with E-state index in [-0.39, 0.29) is 13.4 Å². The zero-order chi connectivity index (χ0) is 51.7. The van der Waals surface area contributed by atoms with Gasteiger partial charge in [-0.3, -0.25) is 9.13 Å². The van der Waals surface area contributed by atoms with Crippen molar-refractivity contribution in [3.63, 3.8) is 0 Å². The van der Waals surface area contributed by atoms with Crippen molar-refractivity contribution in [2.24, 2.45) is 0 Å². The summed E-state index contributed by atoms with van der Waals surface area (Å²) < 4.78 is 21.6. The molecule has 17 rings (SSSR count). The van der Waals surface area contributed by atoms with Crippen molar-refractivity contribution < 1.29 is 9.47 Å². The van der Waals surface area contributed by atoms with Gasteiger partial charge in [0.15, 0.2) is 11.6 Å².